The lowest BCUT2D eigenvalue weighted by molar-refractivity contribution is 0.771. The molecule has 0 fully saturated rings. The van der Waals surface area contributed by atoms with Gasteiger partial charge in [0.2, 0.25) is 0 Å². The van der Waals surface area contributed by atoms with Crippen LogP contribution in [0.25, 0.3) is 10.9 Å². The van der Waals surface area contributed by atoms with Crippen LogP contribution in [0.4, 0.5) is 5.69 Å². The summed E-state index contributed by atoms with van der Waals surface area (Å²) in [6.07, 6.45) is 0. The van der Waals surface area contributed by atoms with Crippen LogP contribution in [0.5, 0.6) is 0 Å². The lowest BCUT2D eigenvalue weighted by Gasteiger charge is -2.04. The Labute approximate surface area is 117 Å². The Bertz CT molecular complexity index is 778. The molecule has 0 bridgehead atoms. The maximum absolute atomic E-state index is 8.77. The van der Waals surface area contributed by atoms with Gasteiger partial charge in [-0.15, -0.1) is 0 Å². The Kier molecular flexibility index (Phi) is 3.10. The summed E-state index contributed by atoms with van der Waals surface area (Å²) < 4.78 is 1.89. The Hall–Kier alpha value is -2.80. The van der Waals surface area contributed by atoms with Crippen LogP contribution < -0.4 is 5.32 Å². The van der Waals surface area contributed by atoms with E-state index in [0.717, 1.165) is 22.3 Å². The van der Waals surface area contributed by atoms with E-state index in [9.17, 15) is 0 Å². The number of nitriles is 1. The minimum atomic E-state index is 0.660. The van der Waals surface area contributed by atoms with Crippen LogP contribution in [0.15, 0.2) is 48.5 Å². The monoisotopic (exact) mass is 262 g/mol. The molecule has 2 aromatic carbocycles. The number of fused-ring (bicyclic) bond motifs is 1. The van der Waals surface area contributed by atoms with Gasteiger partial charge in [0.25, 0.3) is 0 Å². The second kappa shape index (κ2) is 5.06. The molecule has 0 aliphatic carbocycles. The summed E-state index contributed by atoms with van der Waals surface area (Å²) in [5.41, 5.74) is 3.80. The molecule has 0 unspecified atom stereocenters. The van der Waals surface area contributed by atoms with Crippen LogP contribution in [-0.2, 0) is 13.6 Å². The zero-order valence-electron chi connectivity index (χ0n) is 11.2. The molecule has 20 heavy (non-hydrogen) atoms. The van der Waals surface area contributed by atoms with Gasteiger partial charge in [0.05, 0.1) is 29.4 Å². The molecule has 0 radical (unpaired) electrons. The van der Waals surface area contributed by atoms with Crippen LogP contribution in [0.3, 0.4) is 0 Å². The zero-order chi connectivity index (χ0) is 13.9. The fraction of sp³-hybridized carbons (Fsp3) is 0.125. The molecule has 0 aliphatic heterocycles. The lowest BCUT2D eigenvalue weighted by atomic mass is 10.2. The quantitative estimate of drug-likeness (QED) is 0.789. The average Bonchev–Trinajstić information content (AvgIpc) is 2.83. The molecule has 4 nitrogen and oxygen atoms in total. The molecule has 3 aromatic rings. The van der Waals surface area contributed by atoms with E-state index in [0.29, 0.717) is 12.1 Å². The van der Waals surface area contributed by atoms with Crippen molar-refractivity contribution < 1.29 is 0 Å². The molecular weight excluding hydrogens is 248 g/mol. The topological polar surface area (TPSA) is 53.6 Å². The van der Waals surface area contributed by atoms with Crippen LogP contribution in [-0.4, -0.2) is 9.78 Å². The number of nitrogens with one attached hydrogen (secondary N) is 1. The maximum Gasteiger partial charge on any atom is 0.0991 e. The summed E-state index contributed by atoms with van der Waals surface area (Å²) in [5, 5.41) is 17.8. The van der Waals surface area contributed by atoms with Gasteiger partial charge in [-0.3, -0.25) is 4.68 Å². The standard InChI is InChI=1S/C16H14N4/c1-20-16-5-3-2-4-14(16)15(19-20)11-18-13-8-6-12(10-17)7-9-13/h2-9,18H,11H2,1H3. The highest BCUT2D eigenvalue weighted by atomic mass is 15.3. The highest BCUT2D eigenvalue weighted by Crippen LogP contribution is 2.18. The Balaban J connectivity index is 1.81. The van der Waals surface area contributed by atoms with Gasteiger partial charge in [-0.05, 0) is 30.3 Å². The van der Waals surface area contributed by atoms with Crippen molar-refractivity contribution in [2.75, 3.05) is 5.32 Å². The first-order chi connectivity index (χ1) is 9.78. The number of aromatic nitrogens is 2. The predicted molar refractivity (Wildman–Crippen MR) is 79.2 cm³/mol. The fourth-order valence-electron chi connectivity index (χ4n) is 2.27. The molecule has 1 aromatic heterocycles. The van der Waals surface area contributed by atoms with Crippen molar-refractivity contribution in [1.82, 2.24) is 9.78 Å². The highest BCUT2D eigenvalue weighted by Gasteiger charge is 2.07. The zero-order valence-corrected chi connectivity index (χ0v) is 11.2. The first-order valence-corrected chi connectivity index (χ1v) is 6.42. The van der Waals surface area contributed by atoms with Crippen LogP contribution in [0.1, 0.15) is 11.3 Å². The molecule has 0 saturated heterocycles. The molecule has 0 aliphatic rings. The van der Waals surface area contributed by atoms with Gasteiger partial charge in [-0.25, -0.2) is 0 Å². The van der Waals surface area contributed by atoms with E-state index in [1.807, 2.05) is 36.0 Å². The maximum atomic E-state index is 8.77. The smallest absolute Gasteiger partial charge is 0.0991 e. The van der Waals surface area contributed by atoms with Crippen LogP contribution >= 0.6 is 0 Å². The Morgan fingerprint density at radius 2 is 1.90 bits per heavy atom. The normalized spacial score (nSPS) is 10.4. The van der Waals surface area contributed by atoms with Crippen LogP contribution in [0.2, 0.25) is 0 Å². The number of rotatable bonds is 3. The number of aryl methyl sites for hydroxylation is 1. The largest absolute Gasteiger partial charge is 0.379 e. The predicted octanol–water partition coefficient (Wildman–Crippen LogP) is 3.06. The molecule has 0 atom stereocenters. The van der Waals surface area contributed by atoms with Crippen molar-refractivity contribution in [3.05, 3.63) is 59.8 Å². The average molecular weight is 262 g/mol. The van der Waals surface area contributed by atoms with Crippen molar-refractivity contribution in [3.63, 3.8) is 0 Å². The molecular formula is C16H14N4. The Morgan fingerprint density at radius 1 is 1.15 bits per heavy atom. The summed E-state index contributed by atoms with van der Waals surface area (Å²) in [6.45, 7) is 0.660. The van der Waals surface area contributed by atoms with Crippen molar-refractivity contribution in [2.45, 2.75) is 6.54 Å². The molecule has 0 spiro atoms. The van der Waals surface area contributed by atoms with E-state index < -0.39 is 0 Å². The van der Waals surface area contributed by atoms with E-state index in [1.54, 1.807) is 12.1 Å². The van der Waals surface area contributed by atoms with Gasteiger partial charge < -0.3 is 5.32 Å². The SMILES string of the molecule is Cn1nc(CNc2ccc(C#N)cc2)c2ccccc21. The summed E-state index contributed by atoms with van der Waals surface area (Å²) in [5.74, 6) is 0. The van der Waals surface area contributed by atoms with E-state index in [1.165, 1.54) is 0 Å². The summed E-state index contributed by atoms with van der Waals surface area (Å²) >= 11 is 0. The van der Waals surface area contributed by atoms with Crippen molar-refractivity contribution >= 4 is 16.6 Å². The number of hydrogen-bond acceptors (Lipinski definition) is 3. The van der Waals surface area contributed by atoms with E-state index in [2.05, 4.69) is 28.6 Å². The highest BCUT2D eigenvalue weighted by molar-refractivity contribution is 5.82. The fourth-order valence-corrected chi connectivity index (χ4v) is 2.27. The number of nitrogens with zero attached hydrogens (tertiary/aromatic N) is 3. The van der Waals surface area contributed by atoms with Gasteiger partial charge in [0, 0.05) is 18.1 Å². The van der Waals surface area contributed by atoms with Crippen molar-refractivity contribution in [3.8, 4) is 6.07 Å². The van der Waals surface area contributed by atoms with E-state index in [4.69, 9.17) is 5.26 Å². The lowest BCUT2D eigenvalue weighted by Crippen LogP contribution is -2.01. The molecule has 4 heteroatoms. The van der Waals surface area contributed by atoms with Crippen molar-refractivity contribution in [2.24, 2.45) is 7.05 Å². The minimum absolute atomic E-state index is 0.660. The molecule has 3 rings (SSSR count). The number of benzene rings is 2. The number of anilines is 1. The Morgan fingerprint density at radius 3 is 2.65 bits per heavy atom. The molecule has 0 saturated carbocycles. The first-order valence-electron chi connectivity index (χ1n) is 6.42. The summed E-state index contributed by atoms with van der Waals surface area (Å²) in [4.78, 5) is 0. The van der Waals surface area contributed by atoms with E-state index >= 15 is 0 Å². The van der Waals surface area contributed by atoms with E-state index in [-0.39, 0.29) is 0 Å². The summed E-state index contributed by atoms with van der Waals surface area (Å²) in [6, 6.07) is 17.7. The molecule has 0 amide bonds. The number of para-hydroxylation sites is 1. The third-order valence-corrected chi connectivity index (χ3v) is 3.31. The van der Waals surface area contributed by atoms with Crippen molar-refractivity contribution in [1.29, 1.82) is 5.26 Å². The van der Waals surface area contributed by atoms with Gasteiger partial charge in [-0.1, -0.05) is 18.2 Å². The van der Waals surface area contributed by atoms with Gasteiger partial charge in [0.1, 0.15) is 0 Å². The van der Waals surface area contributed by atoms with Crippen LogP contribution in [0, 0.1) is 11.3 Å². The molecule has 98 valence electrons. The third kappa shape index (κ3) is 2.21. The van der Waals surface area contributed by atoms with Gasteiger partial charge in [-0.2, -0.15) is 10.4 Å². The van der Waals surface area contributed by atoms with Gasteiger partial charge in [0.15, 0.2) is 0 Å². The molecule has 1 N–H and O–H groups in total. The van der Waals surface area contributed by atoms with Gasteiger partial charge >= 0.3 is 0 Å². The molecule has 1 heterocycles. The number of hydrogen-bond donors (Lipinski definition) is 1. The second-order valence-corrected chi connectivity index (χ2v) is 4.63. The third-order valence-electron chi connectivity index (χ3n) is 3.31. The minimum Gasteiger partial charge on any atom is -0.379 e. The summed E-state index contributed by atoms with van der Waals surface area (Å²) in [7, 11) is 1.95. The first kappa shape index (κ1) is 12.2. The second-order valence-electron chi connectivity index (χ2n) is 4.63.